The van der Waals surface area contributed by atoms with E-state index in [1.54, 1.807) is 0 Å². The van der Waals surface area contributed by atoms with Gasteiger partial charge < -0.3 is 10.1 Å². The molecule has 2 aromatic rings. The second-order valence-electron chi connectivity index (χ2n) is 3.49. The highest BCUT2D eigenvalue weighted by Crippen LogP contribution is 2.26. The maximum atomic E-state index is 5.57. The van der Waals surface area contributed by atoms with Crippen molar-refractivity contribution in [3.8, 4) is 5.75 Å². The summed E-state index contributed by atoms with van der Waals surface area (Å²) in [5.41, 5.74) is 0.988. The molecule has 3 heteroatoms. The number of ether oxygens (including phenoxy) is 1. The van der Waals surface area contributed by atoms with Crippen LogP contribution in [-0.2, 0) is 0 Å². The van der Waals surface area contributed by atoms with Gasteiger partial charge in [0, 0.05) is 11.9 Å². The largest absolute Gasteiger partial charge is 0.490 e. The number of pyridine rings is 1. The van der Waals surface area contributed by atoms with E-state index in [2.05, 4.69) is 10.3 Å². The van der Waals surface area contributed by atoms with Crippen LogP contribution in [0.2, 0.25) is 0 Å². The van der Waals surface area contributed by atoms with Gasteiger partial charge in [0.1, 0.15) is 0 Å². The number of aromatic nitrogens is 1. The minimum Gasteiger partial charge on any atom is -0.490 e. The van der Waals surface area contributed by atoms with Gasteiger partial charge >= 0.3 is 0 Å². The zero-order chi connectivity index (χ0) is 11.4. The molecule has 3 nitrogen and oxygen atoms in total. The van der Waals surface area contributed by atoms with Crippen LogP contribution in [0.5, 0.6) is 5.75 Å². The summed E-state index contributed by atoms with van der Waals surface area (Å²) in [6.45, 7) is 5.52. The number of nitrogens with zero attached hydrogens (tertiary/aromatic N) is 1. The Bertz CT molecular complexity index is 438. The highest BCUT2D eigenvalue weighted by Gasteiger charge is 2.06. The molecule has 2 rings (SSSR count). The molecule has 0 radical (unpaired) electrons. The average molecular weight is 216 g/mol. The third-order valence-electron chi connectivity index (χ3n) is 2.33. The zero-order valence-corrected chi connectivity index (χ0v) is 9.66. The van der Waals surface area contributed by atoms with E-state index in [1.807, 2.05) is 44.2 Å². The highest BCUT2D eigenvalue weighted by molar-refractivity contribution is 5.82. The number of fused-ring (bicyclic) bond motifs is 1. The van der Waals surface area contributed by atoms with E-state index in [-0.39, 0.29) is 0 Å². The molecule has 0 bridgehead atoms. The maximum absolute atomic E-state index is 5.57. The number of nitrogens with one attached hydrogen (secondary N) is 1. The van der Waals surface area contributed by atoms with Gasteiger partial charge in [-0.25, -0.2) is 4.98 Å². The van der Waals surface area contributed by atoms with Gasteiger partial charge in [0.15, 0.2) is 11.6 Å². The predicted molar refractivity (Wildman–Crippen MR) is 67.1 cm³/mol. The zero-order valence-electron chi connectivity index (χ0n) is 9.66. The first-order chi connectivity index (χ1) is 7.85. The van der Waals surface area contributed by atoms with E-state index < -0.39 is 0 Å². The van der Waals surface area contributed by atoms with E-state index in [9.17, 15) is 0 Å². The first kappa shape index (κ1) is 10.7. The number of benzene rings is 1. The third kappa shape index (κ3) is 2.08. The molecular weight excluding hydrogens is 200 g/mol. The van der Waals surface area contributed by atoms with E-state index in [4.69, 9.17) is 4.74 Å². The lowest BCUT2D eigenvalue weighted by Crippen LogP contribution is -2.03. The molecule has 0 fully saturated rings. The van der Waals surface area contributed by atoms with E-state index in [0.717, 1.165) is 29.0 Å². The van der Waals surface area contributed by atoms with Crippen molar-refractivity contribution < 1.29 is 4.74 Å². The van der Waals surface area contributed by atoms with Gasteiger partial charge in [0.05, 0.1) is 12.1 Å². The topological polar surface area (TPSA) is 34.2 Å². The third-order valence-corrected chi connectivity index (χ3v) is 2.33. The minimum atomic E-state index is 0.651. The fourth-order valence-electron chi connectivity index (χ4n) is 1.66. The highest BCUT2D eigenvalue weighted by atomic mass is 16.5. The summed E-state index contributed by atoms with van der Waals surface area (Å²) in [4.78, 5) is 4.55. The van der Waals surface area contributed by atoms with Crippen LogP contribution in [0.1, 0.15) is 13.8 Å². The lowest BCUT2D eigenvalue weighted by molar-refractivity contribution is 0.341. The van der Waals surface area contributed by atoms with Gasteiger partial charge in [0.25, 0.3) is 0 Å². The Morgan fingerprint density at radius 3 is 2.81 bits per heavy atom. The Balaban J connectivity index is 2.51. The Morgan fingerprint density at radius 2 is 2.06 bits per heavy atom. The molecule has 0 aliphatic heterocycles. The number of rotatable bonds is 4. The van der Waals surface area contributed by atoms with Gasteiger partial charge in [-0.15, -0.1) is 0 Å². The maximum Gasteiger partial charge on any atom is 0.169 e. The summed E-state index contributed by atoms with van der Waals surface area (Å²) in [6.07, 6.45) is 0. The molecular formula is C13H16N2O. The van der Waals surface area contributed by atoms with E-state index in [1.165, 1.54) is 0 Å². The van der Waals surface area contributed by atoms with Crippen LogP contribution in [0.3, 0.4) is 0 Å². The number of para-hydroxylation sites is 1. The number of anilines is 1. The van der Waals surface area contributed by atoms with Crippen molar-refractivity contribution in [1.29, 1.82) is 0 Å². The van der Waals surface area contributed by atoms with Crippen LogP contribution in [0.4, 0.5) is 5.82 Å². The van der Waals surface area contributed by atoms with Crippen molar-refractivity contribution in [2.24, 2.45) is 0 Å². The summed E-state index contributed by atoms with van der Waals surface area (Å²) < 4.78 is 5.57. The average Bonchev–Trinajstić information content (AvgIpc) is 2.30. The quantitative estimate of drug-likeness (QED) is 0.852. The lowest BCUT2D eigenvalue weighted by Gasteiger charge is -2.11. The molecule has 1 aromatic heterocycles. The second kappa shape index (κ2) is 4.84. The van der Waals surface area contributed by atoms with Gasteiger partial charge in [-0.05, 0) is 26.0 Å². The van der Waals surface area contributed by atoms with Crippen LogP contribution < -0.4 is 10.1 Å². The molecule has 0 atom stereocenters. The standard InChI is InChI=1S/C13H16N2O/c1-3-14-13-12(16-4-2)9-10-7-5-6-8-11(10)15-13/h5-9H,3-4H2,1-2H3,(H,14,15). The summed E-state index contributed by atoms with van der Waals surface area (Å²) >= 11 is 0. The van der Waals surface area contributed by atoms with Crippen LogP contribution >= 0.6 is 0 Å². The first-order valence-corrected chi connectivity index (χ1v) is 5.61. The Kier molecular flexibility index (Phi) is 3.25. The summed E-state index contributed by atoms with van der Waals surface area (Å²) in [5, 5.41) is 4.32. The van der Waals surface area contributed by atoms with Gasteiger partial charge in [-0.1, -0.05) is 18.2 Å². The van der Waals surface area contributed by atoms with E-state index >= 15 is 0 Å². The molecule has 0 aliphatic carbocycles. The summed E-state index contributed by atoms with van der Waals surface area (Å²) in [7, 11) is 0. The lowest BCUT2D eigenvalue weighted by atomic mass is 10.2. The molecule has 0 unspecified atom stereocenters. The van der Waals surface area contributed by atoms with Crippen LogP contribution in [0.15, 0.2) is 30.3 Å². The van der Waals surface area contributed by atoms with Crippen molar-refractivity contribution in [3.63, 3.8) is 0 Å². The van der Waals surface area contributed by atoms with Crippen LogP contribution in [-0.4, -0.2) is 18.1 Å². The Hall–Kier alpha value is -1.77. The molecule has 84 valence electrons. The van der Waals surface area contributed by atoms with Crippen molar-refractivity contribution in [2.45, 2.75) is 13.8 Å². The van der Waals surface area contributed by atoms with Crippen molar-refractivity contribution in [2.75, 3.05) is 18.5 Å². The predicted octanol–water partition coefficient (Wildman–Crippen LogP) is 3.07. The molecule has 16 heavy (non-hydrogen) atoms. The Morgan fingerprint density at radius 1 is 1.25 bits per heavy atom. The Labute approximate surface area is 95.5 Å². The number of hydrogen-bond acceptors (Lipinski definition) is 3. The minimum absolute atomic E-state index is 0.651. The van der Waals surface area contributed by atoms with Gasteiger partial charge in [-0.2, -0.15) is 0 Å². The van der Waals surface area contributed by atoms with Crippen LogP contribution in [0.25, 0.3) is 10.9 Å². The molecule has 0 saturated heterocycles. The van der Waals surface area contributed by atoms with Gasteiger partial charge in [-0.3, -0.25) is 0 Å². The fraction of sp³-hybridized carbons (Fsp3) is 0.308. The molecule has 0 spiro atoms. The molecule has 0 amide bonds. The van der Waals surface area contributed by atoms with Crippen molar-refractivity contribution in [1.82, 2.24) is 4.98 Å². The van der Waals surface area contributed by atoms with E-state index in [0.29, 0.717) is 6.61 Å². The molecule has 1 N–H and O–H groups in total. The molecule has 0 saturated carbocycles. The SMILES string of the molecule is CCNc1nc2ccccc2cc1OCC. The first-order valence-electron chi connectivity index (χ1n) is 5.61. The normalized spacial score (nSPS) is 10.4. The fourth-order valence-corrected chi connectivity index (χ4v) is 1.66. The molecule has 0 aliphatic rings. The van der Waals surface area contributed by atoms with Crippen LogP contribution in [0, 0.1) is 0 Å². The second-order valence-corrected chi connectivity index (χ2v) is 3.49. The summed E-state index contributed by atoms with van der Waals surface area (Å²) in [6, 6.07) is 10.1. The molecule has 1 heterocycles. The smallest absolute Gasteiger partial charge is 0.169 e. The number of hydrogen-bond donors (Lipinski definition) is 1. The van der Waals surface area contributed by atoms with Crippen molar-refractivity contribution >= 4 is 16.7 Å². The summed E-state index contributed by atoms with van der Waals surface area (Å²) in [5.74, 6) is 1.64. The van der Waals surface area contributed by atoms with Crippen molar-refractivity contribution in [3.05, 3.63) is 30.3 Å². The monoisotopic (exact) mass is 216 g/mol. The molecule has 1 aromatic carbocycles. The van der Waals surface area contributed by atoms with Gasteiger partial charge in [0.2, 0.25) is 0 Å².